The molecule has 0 bridgehead atoms. The van der Waals surface area contributed by atoms with Crippen molar-refractivity contribution in [1.29, 1.82) is 0 Å². The van der Waals surface area contributed by atoms with E-state index >= 15 is 0 Å². The average Bonchev–Trinajstić information content (AvgIpc) is 2.46. The van der Waals surface area contributed by atoms with E-state index in [1.165, 1.54) is 25.9 Å². The van der Waals surface area contributed by atoms with Gasteiger partial charge in [0, 0.05) is 17.6 Å². The lowest BCUT2D eigenvalue weighted by Gasteiger charge is -2.35. The SMILES string of the molecule is CN1CCC(N(C)CCC(O)c2ccc(Cl)cc2)CC1. The minimum absolute atomic E-state index is 0.402. The van der Waals surface area contributed by atoms with Gasteiger partial charge >= 0.3 is 0 Å². The smallest absolute Gasteiger partial charge is 0.0802 e. The predicted molar refractivity (Wildman–Crippen MR) is 84.2 cm³/mol. The maximum absolute atomic E-state index is 10.2. The Morgan fingerprint density at radius 1 is 1.30 bits per heavy atom. The molecule has 0 aliphatic carbocycles. The second-order valence-electron chi connectivity index (χ2n) is 5.87. The molecule has 2 rings (SSSR count). The molecule has 0 spiro atoms. The summed E-state index contributed by atoms with van der Waals surface area (Å²) < 4.78 is 0. The first-order valence-corrected chi connectivity index (χ1v) is 7.76. The summed E-state index contributed by atoms with van der Waals surface area (Å²) >= 11 is 5.86. The number of likely N-dealkylation sites (tertiary alicyclic amines) is 1. The number of aliphatic hydroxyl groups excluding tert-OH is 1. The van der Waals surface area contributed by atoms with Gasteiger partial charge in [0.15, 0.2) is 0 Å². The van der Waals surface area contributed by atoms with E-state index in [4.69, 9.17) is 11.6 Å². The van der Waals surface area contributed by atoms with Crippen LogP contribution < -0.4 is 0 Å². The third kappa shape index (κ3) is 4.45. The maximum Gasteiger partial charge on any atom is 0.0802 e. The van der Waals surface area contributed by atoms with Gasteiger partial charge in [-0.3, -0.25) is 0 Å². The predicted octanol–water partition coefficient (Wildman–Crippen LogP) is 2.79. The maximum atomic E-state index is 10.2. The number of rotatable bonds is 5. The standard InChI is InChI=1S/C16H25ClN2O/c1-18-10-7-15(8-11-18)19(2)12-9-16(20)13-3-5-14(17)6-4-13/h3-6,15-16,20H,7-12H2,1-2H3. The van der Waals surface area contributed by atoms with E-state index in [2.05, 4.69) is 23.9 Å². The molecule has 4 heteroatoms. The third-order valence-corrected chi connectivity index (χ3v) is 4.57. The zero-order chi connectivity index (χ0) is 14.5. The van der Waals surface area contributed by atoms with Crippen LogP contribution in [0.5, 0.6) is 0 Å². The first-order chi connectivity index (χ1) is 9.56. The van der Waals surface area contributed by atoms with Crippen molar-refractivity contribution in [2.75, 3.05) is 33.7 Å². The molecule has 0 amide bonds. The molecule has 1 N–H and O–H groups in total. The summed E-state index contributed by atoms with van der Waals surface area (Å²) in [7, 11) is 4.35. The van der Waals surface area contributed by atoms with Gasteiger partial charge in [0.2, 0.25) is 0 Å². The Labute approximate surface area is 127 Å². The number of hydrogen-bond acceptors (Lipinski definition) is 3. The van der Waals surface area contributed by atoms with Gasteiger partial charge < -0.3 is 14.9 Å². The van der Waals surface area contributed by atoms with E-state index in [-0.39, 0.29) is 0 Å². The molecule has 1 unspecified atom stereocenters. The molecule has 20 heavy (non-hydrogen) atoms. The van der Waals surface area contributed by atoms with E-state index in [0.717, 1.165) is 18.5 Å². The molecule has 0 aromatic heterocycles. The molecule has 1 fully saturated rings. The number of hydrogen-bond donors (Lipinski definition) is 1. The fourth-order valence-electron chi connectivity index (χ4n) is 2.80. The highest BCUT2D eigenvalue weighted by molar-refractivity contribution is 6.30. The Kier molecular flexibility index (Phi) is 5.85. The van der Waals surface area contributed by atoms with Crippen molar-refractivity contribution in [1.82, 2.24) is 9.80 Å². The van der Waals surface area contributed by atoms with Crippen LogP contribution in [0, 0.1) is 0 Å². The Morgan fingerprint density at radius 2 is 1.90 bits per heavy atom. The monoisotopic (exact) mass is 296 g/mol. The topological polar surface area (TPSA) is 26.7 Å². The number of piperidine rings is 1. The summed E-state index contributed by atoms with van der Waals surface area (Å²) in [5.74, 6) is 0. The van der Waals surface area contributed by atoms with Crippen molar-refractivity contribution in [2.24, 2.45) is 0 Å². The van der Waals surface area contributed by atoms with Crippen LogP contribution in [0.15, 0.2) is 24.3 Å². The quantitative estimate of drug-likeness (QED) is 0.905. The van der Waals surface area contributed by atoms with Gasteiger partial charge in [-0.05, 0) is 64.1 Å². The molecule has 112 valence electrons. The van der Waals surface area contributed by atoms with E-state index in [1.807, 2.05) is 24.3 Å². The fourth-order valence-corrected chi connectivity index (χ4v) is 2.92. The first kappa shape index (κ1) is 15.8. The molecule has 0 radical (unpaired) electrons. The molecule has 1 aromatic rings. The molecule has 1 heterocycles. The molecule has 3 nitrogen and oxygen atoms in total. The first-order valence-electron chi connectivity index (χ1n) is 7.38. The van der Waals surface area contributed by atoms with Gasteiger partial charge in [0.05, 0.1) is 6.10 Å². The van der Waals surface area contributed by atoms with Crippen LogP contribution in [0.2, 0.25) is 5.02 Å². The van der Waals surface area contributed by atoms with Crippen LogP contribution in [0.3, 0.4) is 0 Å². The zero-order valence-electron chi connectivity index (χ0n) is 12.4. The van der Waals surface area contributed by atoms with Gasteiger partial charge in [0.25, 0.3) is 0 Å². The van der Waals surface area contributed by atoms with Crippen molar-refractivity contribution in [2.45, 2.75) is 31.4 Å². The number of nitrogens with zero attached hydrogens (tertiary/aromatic N) is 2. The normalized spacial score (nSPS) is 19.4. The largest absolute Gasteiger partial charge is 0.388 e. The van der Waals surface area contributed by atoms with Crippen LogP contribution in [0.25, 0.3) is 0 Å². The minimum atomic E-state index is -0.402. The number of benzene rings is 1. The highest BCUT2D eigenvalue weighted by atomic mass is 35.5. The van der Waals surface area contributed by atoms with E-state index in [0.29, 0.717) is 11.1 Å². The lowest BCUT2D eigenvalue weighted by molar-refractivity contribution is 0.110. The van der Waals surface area contributed by atoms with Crippen LogP contribution in [0.1, 0.15) is 30.9 Å². The highest BCUT2D eigenvalue weighted by Crippen LogP contribution is 2.21. The number of aliphatic hydroxyl groups is 1. The molecule has 1 aromatic carbocycles. The lowest BCUT2D eigenvalue weighted by Crippen LogP contribution is -2.42. The molecule has 0 saturated carbocycles. The Balaban J connectivity index is 1.77. The molecule has 1 saturated heterocycles. The number of halogens is 1. The second-order valence-corrected chi connectivity index (χ2v) is 6.31. The van der Waals surface area contributed by atoms with Gasteiger partial charge in [-0.1, -0.05) is 23.7 Å². The summed E-state index contributed by atoms with van der Waals surface area (Å²) in [5.41, 5.74) is 0.950. The minimum Gasteiger partial charge on any atom is -0.388 e. The summed E-state index contributed by atoms with van der Waals surface area (Å²) in [6.45, 7) is 3.28. The molecular weight excluding hydrogens is 272 g/mol. The van der Waals surface area contributed by atoms with Crippen molar-refractivity contribution in [3.63, 3.8) is 0 Å². The van der Waals surface area contributed by atoms with Gasteiger partial charge in [0.1, 0.15) is 0 Å². The second kappa shape index (κ2) is 7.41. The summed E-state index contributed by atoms with van der Waals surface area (Å²) in [6, 6.07) is 8.14. The van der Waals surface area contributed by atoms with Gasteiger partial charge in [-0.25, -0.2) is 0 Å². The lowest BCUT2D eigenvalue weighted by atomic mass is 10.0. The van der Waals surface area contributed by atoms with Gasteiger partial charge in [-0.15, -0.1) is 0 Å². The van der Waals surface area contributed by atoms with Crippen molar-refractivity contribution in [3.8, 4) is 0 Å². The third-order valence-electron chi connectivity index (χ3n) is 4.32. The molecule has 1 atom stereocenters. The van der Waals surface area contributed by atoms with Gasteiger partial charge in [-0.2, -0.15) is 0 Å². The average molecular weight is 297 g/mol. The summed E-state index contributed by atoms with van der Waals surface area (Å²) in [6.07, 6.45) is 2.82. The van der Waals surface area contributed by atoms with Crippen molar-refractivity contribution in [3.05, 3.63) is 34.9 Å². The Hall–Kier alpha value is -0.610. The van der Waals surface area contributed by atoms with Crippen LogP contribution in [-0.2, 0) is 0 Å². The fraction of sp³-hybridized carbons (Fsp3) is 0.625. The summed E-state index contributed by atoms with van der Waals surface area (Å²) in [5, 5.41) is 10.9. The molecule has 1 aliphatic heterocycles. The van der Waals surface area contributed by atoms with Crippen LogP contribution in [-0.4, -0.2) is 54.7 Å². The van der Waals surface area contributed by atoms with E-state index in [1.54, 1.807) is 0 Å². The molecule has 1 aliphatic rings. The van der Waals surface area contributed by atoms with Crippen LogP contribution >= 0.6 is 11.6 Å². The Bertz CT molecular complexity index is 401. The van der Waals surface area contributed by atoms with Crippen LogP contribution in [0.4, 0.5) is 0 Å². The zero-order valence-corrected chi connectivity index (χ0v) is 13.2. The van der Waals surface area contributed by atoms with E-state index in [9.17, 15) is 5.11 Å². The highest BCUT2D eigenvalue weighted by Gasteiger charge is 2.21. The van der Waals surface area contributed by atoms with E-state index < -0.39 is 6.10 Å². The Morgan fingerprint density at radius 3 is 2.50 bits per heavy atom. The van der Waals surface area contributed by atoms with Crippen molar-refractivity contribution < 1.29 is 5.11 Å². The summed E-state index contributed by atoms with van der Waals surface area (Å²) in [4.78, 5) is 4.78. The molecular formula is C16H25ClN2O. The van der Waals surface area contributed by atoms with Crippen molar-refractivity contribution >= 4 is 11.6 Å².